The smallest absolute Gasteiger partial charge is 0.292 e. The van der Waals surface area contributed by atoms with Crippen molar-refractivity contribution in [3.8, 4) is 0 Å². The number of amides is 2. The Morgan fingerprint density at radius 3 is 3.00 bits per heavy atom. The van der Waals surface area contributed by atoms with Crippen LogP contribution in [0.4, 0.5) is 0 Å². The Morgan fingerprint density at radius 2 is 2.26 bits per heavy atom. The van der Waals surface area contributed by atoms with Crippen molar-refractivity contribution in [1.29, 1.82) is 0 Å². The van der Waals surface area contributed by atoms with Crippen molar-refractivity contribution in [2.75, 3.05) is 33.4 Å². The van der Waals surface area contributed by atoms with Crippen molar-refractivity contribution in [3.63, 3.8) is 0 Å². The van der Waals surface area contributed by atoms with Crippen LogP contribution >= 0.6 is 0 Å². The lowest BCUT2D eigenvalue weighted by Gasteiger charge is -2.52. The van der Waals surface area contributed by atoms with Gasteiger partial charge < -0.3 is 19.1 Å². The maximum Gasteiger partial charge on any atom is 0.292 e. The van der Waals surface area contributed by atoms with Gasteiger partial charge in [-0.3, -0.25) is 9.59 Å². The third-order valence-electron chi connectivity index (χ3n) is 4.92. The molecule has 2 amide bonds. The predicted octanol–water partition coefficient (Wildman–Crippen LogP) is 1.31. The first-order valence-electron chi connectivity index (χ1n) is 8.16. The first-order chi connectivity index (χ1) is 11.2. The fourth-order valence-corrected chi connectivity index (χ4v) is 3.84. The summed E-state index contributed by atoms with van der Waals surface area (Å²) in [7, 11) is 1.64. The zero-order chi connectivity index (χ0) is 16.3. The summed E-state index contributed by atoms with van der Waals surface area (Å²) < 4.78 is 10.2. The molecule has 3 heterocycles. The fraction of sp³-hybridized carbons (Fsp3) is 0.688. The van der Waals surface area contributed by atoms with Gasteiger partial charge in [-0.15, -0.1) is 0 Å². The summed E-state index contributed by atoms with van der Waals surface area (Å²) in [6, 6.07) is 1.58. The molecule has 2 fully saturated rings. The average molecular weight is 321 g/mol. The Morgan fingerprint density at radius 1 is 1.43 bits per heavy atom. The van der Waals surface area contributed by atoms with E-state index in [1.165, 1.54) is 6.20 Å². The highest BCUT2D eigenvalue weighted by Crippen LogP contribution is 2.37. The van der Waals surface area contributed by atoms with Gasteiger partial charge in [0.2, 0.25) is 11.7 Å². The highest BCUT2D eigenvalue weighted by Gasteiger charge is 2.46. The molecule has 2 saturated heterocycles. The summed E-state index contributed by atoms with van der Waals surface area (Å²) in [5, 5.41) is 3.61. The van der Waals surface area contributed by atoms with Gasteiger partial charge in [0.1, 0.15) is 0 Å². The van der Waals surface area contributed by atoms with Gasteiger partial charge in [-0.2, -0.15) is 0 Å². The number of aromatic nitrogens is 1. The molecule has 0 N–H and O–H groups in total. The van der Waals surface area contributed by atoms with Crippen LogP contribution in [0.25, 0.3) is 0 Å². The van der Waals surface area contributed by atoms with Crippen LogP contribution in [0.5, 0.6) is 0 Å². The molecule has 3 rings (SSSR count). The number of hydrogen-bond acceptors (Lipinski definition) is 5. The standard InChI is InChI=1S/C16H23N3O4/c1-22-11-10-19-14(20)4-2-6-16(19)7-3-9-18(12-16)15(21)13-5-8-17-23-13/h5,8H,2-4,6-7,9-12H2,1H3. The van der Waals surface area contributed by atoms with E-state index in [2.05, 4.69) is 5.16 Å². The van der Waals surface area contributed by atoms with E-state index < -0.39 is 0 Å². The van der Waals surface area contributed by atoms with Crippen LogP contribution in [0.3, 0.4) is 0 Å². The van der Waals surface area contributed by atoms with E-state index in [0.29, 0.717) is 32.7 Å². The second kappa shape index (κ2) is 6.70. The van der Waals surface area contributed by atoms with Crippen LogP contribution in [0.15, 0.2) is 16.8 Å². The number of carbonyl (C=O) groups is 2. The lowest BCUT2D eigenvalue weighted by molar-refractivity contribution is -0.146. The molecular weight excluding hydrogens is 298 g/mol. The quantitative estimate of drug-likeness (QED) is 0.836. The van der Waals surface area contributed by atoms with Crippen LogP contribution in [0.2, 0.25) is 0 Å². The van der Waals surface area contributed by atoms with Crippen LogP contribution in [0.1, 0.15) is 42.7 Å². The molecule has 0 aromatic carbocycles. The van der Waals surface area contributed by atoms with Gasteiger partial charge in [-0.1, -0.05) is 5.16 Å². The number of carbonyl (C=O) groups excluding carboxylic acids is 2. The minimum absolute atomic E-state index is 0.147. The van der Waals surface area contributed by atoms with Gasteiger partial charge >= 0.3 is 0 Å². The molecule has 7 heteroatoms. The maximum absolute atomic E-state index is 12.6. The predicted molar refractivity (Wildman–Crippen MR) is 81.8 cm³/mol. The van der Waals surface area contributed by atoms with Crippen molar-refractivity contribution < 1.29 is 18.8 Å². The second-order valence-electron chi connectivity index (χ2n) is 6.32. The summed E-state index contributed by atoms with van der Waals surface area (Å²) in [4.78, 5) is 28.7. The third kappa shape index (κ3) is 3.10. The molecule has 0 bridgehead atoms. The Bertz CT molecular complexity index is 556. The minimum atomic E-state index is -0.262. The van der Waals surface area contributed by atoms with Gasteiger partial charge in [0.05, 0.1) is 18.3 Å². The van der Waals surface area contributed by atoms with E-state index in [4.69, 9.17) is 9.26 Å². The molecule has 126 valence electrons. The number of likely N-dealkylation sites (tertiary alicyclic amines) is 2. The highest BCUT2D eigenvalue weighted by atomic mass is 16.5. The number of rotatable bonds is 4. The van der Waals surface area contributed by atoms with E-state index in [-0.39, 0.29) is 23.1 Å². The normalized spacial score (nSPS) is 25.2. The van der Waals surface area contributed by atoms with Crippen LogP contribution < -0.4 is 0 Å². The monoisotopic (exact) mass is 321 g/mol. The molecule has 1 unspecified atom stereocenters. The lowest BCUT2D eigenvalue weighted by Crippen LogP contribution is -2.63. The molecule has 0 saturated carbocycles. The number of piperidine rings is 2. The van der Waals surface area contributed by atoms with Gasteiger partial charge in [-0.05, 0) is 25.7 Å². The summed E-state index contributed by atoms with van der Waals surface area (Å²) in [5.41, 5.74) is -0.262. The van der Waals surface area contributed by atoms with Gasteiger partial charge in [0.15, 0.2) is 0 Å². The van der Waals surface area contributed by atoms with Crippen molar-refractivity contribution >= 4 is 11.8 Å². The summed E-state index contributed by atoms with van der Waals surface area (Å²) >= 11 is 0. The van der Waals surface area contributed by atoms with Crippen LogP contribution in [-0.2, 0) is 9.53 Å². The second-order valence-corrected chi connectivity index (χ2v) is 6.32. The zero-order valence-electron chi connectivity index (χ0n) is 13.5. The third-order valence-corrected chi connectivity index (χ3v) is 4.92. The highest BCUT2D eigenvalue weighted by molar-refractivity contribution is 5.91. The molecule has 0 radical (unpaired) electrons. The topological polar surface area (TPSA) is 75.9 Å². The first-order valence-corrected chi connectivity index (χ1v) is 8.16. The molecule has 23 heavy (non-hydrogen) atoms. The maximum atomic E-state index is 12.6. The molecule has 2 aliphatic heterocycles. The molecule has 1 aromatic rings. The average Bonchev–Trinajstić information content (AvgIpc) is 3.08. The largest absolute Gasteiger partial charge is 0.383 e. The van der Waals surface area contributed by atoms with Gasteiger partial charge in [0.25, 0.3) is 5.91 Å². The number of hydrogen-bond donors (Lipinski definition) is 0. The number of nitrogens with zero attached hydrogens (tertiary/aromatic N) is 3. The van der Waals surface area contributed by atoms with E-state index in [1.54, 1.807) is 18.1 Å². The summed E-state index contributed by atoms with van der Waals surface area (Å²) in [5.74, 6) is 0.279. The zero-order valence-corrected chi connectivity index (χ0v) is 13.5. The van der Waals surface area contributed by atoms with Gasteiger partial charge in [0, 0.05) is 39.2 Å². The van der Waals surface area contributed by atoms with Crippen molar-refractivity contribution in [2.45, 2.75) is 37.6 Å². The van der Waals surface area contributed by atoms with Gasteiger partial charge in [-0.25, -0.2) is 0 Å². The fourth-order valence-electron chi connectivity index (χ4n) is 3.84. The van der Waals surface area contributed by atoms with Crippen molar-refractivity contribution in [2.24, 2.45) is 0 Å². The SMILES string of the molecule is COCCN1C(=O)CCCC12CCCN(C(=O)c1ccno1)C2. The van der Waals surface area contributed by atoms with E-state index >= 15 is 0 Å². The number of methoxy groups -OCH3 is 1. The van der Waals surface area contributed by atoms with E-state index in [1.807, 2.05) is 4.90 Å². The number of ether oxygens (including phenoxy) is 1. The minimum Gasteiger partial charge on any atom is -0.383 e. The lowest BCUT2D eigenvalue weighted by atomic mass is 9.79. The van der Waals surface area contributed by atoms with Crippen LogP contribution in [-0.4, -0.2) is 65.7 Å². The molecule has 2 aliphatic rings. The van der Waals surface area contributed by atoms with Crippen molar-refractivity contribution in [1.82, 2.24) is 15.0 Å². The van der Waals surface area contributed by atoms with Crippen molar-refractivity contribution in [3.05, 3.63) is 18.0 Å². The summed E-state index contributed by atoms with van der Waals surface area (Å²) in [6.07, 6.45) is 5.69. The first kappa shape index (κ1) is 16.0. The van der Waals surface area contributed by atoms with E-state index in [9.17, 15) is 9.59 Å². The van der Waals surface area contributed by atoms with E-state index in [0.717, 1.165) is 25.7 Å². The Balaban J connectivity index is 1.79. The van der Waals surface area contributed by atoms with Crippen LogP contribution in [0, 0.1) is 0 Å². The molecule has 7 nitrogen and oxygen atoms in total. The molecule has 1 spiro atoms. The Labute approximate surface area is 135 Å². The molecular formula is C16H23N3O4. The molecule has 1 atom stereocenters. The molecule has 1 aromatic heterocycles. The summed E-state index contributed by atoms with van der Waals surface area (Å²) in [6.45, 7) is 2.35. The molecule has 0 aliphatic carbocycles. The Kier molecular flexibility index (Phi) is 4.66. The Hall–Kier alpha value is -1.89.